The lowest BCUT2D eigenvalue weighted by molar-refractivity contribution is 0.101. The fourth-order valence-corrected chi connectivity index (χ4v) is 1.95. The minimum atomic E-state index is -0.0163. The van der Waals surface area contributed by atoms with Gasteiger partial charge in [-0.2, -0.15) is 5.26 Å². The molecule has 16 heavy (non-hydrogen) atoms. The van der Waals surface area contributed by atoms with Gasteiger partial charge in [-0.25, -0.2) is 0 Å². The maximum absolute atomic E-state index is 11.5. The molecule has 0 aromatic carbocycles. The number of aryl methyl sites for hydroxylation is 1. The number of carbonyl (C=O) groups is 1. The molecule has 0 unspecified atom stereocenters. The Balaban J connectivity index is 2.92. The van der Waals surface area contributed by atoms with E-state index in [0.717, 1.165) is 17.6 Å². The molecule has 0 aliphatic heterocycles. The first-order valence-electron chi connectivity index (χ1n) is 5.23. The van der Waals surface area contributed by atoms with Gasteiger partial charge in [0.05, 0.1) is 16.8 Å². The summed E-state index contributed by atoms with van der Waals surface area (Å²) in [6, 6.07) is 9.54. The highest BCUT2D eigenvalue weighted by Gasteiger charge is 2.13. The van der Waals surface area contributed by atoms with Crippen LogP contribution in [0.1, 0.15) is 35.6 Å². The third-order valence-corrected chi connectivity index (χ3v) is 2.71. The predicted octanol–water partition coefficient (Wildman–Crippen LogP) is 2.58. The van der Waals surface area contributed by atoms with Crippen LogP contribution in [-0.2, 0) is 6.42 Å². The third kappa shape index (κ3) is 1.40. The molecule has 0 radical (unpaired) electrons. The van der Waals surface area contributed by atoms with Crippen molar-refractivity contribution in [2.45, 2.75) is 20.3 Å². The lowest BCUT2D eigenvalue weighted by atomic mass is 10.2. The van der Waals surface area contributed by atoms with Gasteiger partial charge in [-0.05, 0) is 24.6 Å². The van der Waals surface area contributed by atoms with Crippen LogP contribution in [-0.4, -0.2) is 10.2 Å². The second-order valence-corrected chi connectivity index (χ2v) is 3.70. The summed E-state index contributed by atoms with van der Waals surface area (Å²) in [6.45, 7) is 3.56. The number of aromatic nitrogens is 1. The molecule has 2 heterocycles. The van der Waals surface area contributed by atoms with Gasteiger partial charge >= 0.3 is 0 Å². The Bertz CT molecular complexity index is 602. The number of fused-ring (bicyclic) bond motifs is 1. The van der Waals surface area contributed by atoms with Crippen molar-refractivity contribution in [2.24, 2.45) is 0 Å². The quantitative estimate of drug-likeness (QED) is 0.718. The van der Waals surface area contributed by atoms with Crippen LogP contribution < -0.4 is 0 Å². The number of hydrogen-bond donors (Lipinski definition) is 0. The second-order valence-electron chi connectivity index (χ2n) is 3.70. The lowest BCUT2D eigenvalue weighted by Gasteiger charge is -2.05. The summed E-state index contributed by atoms with van der Waals surface area (Å²) in [5, 5.41) is 9.02. The van der Waals surface area contributed by atoms with E-state index in [-0.39, 0.29) is 5.78 Å². The second kappa shape index (κ2) is 3.82. The van der Waals surface area contributed by atoms with E-state index < -0.39 is 0 Å². The number of pyridine rings is 1. The molecule has 2 aromatic heterocycles. The number of nitriles is 1. The molecule has 0 bridgehead atoms. The van der Waals surface area contributed by atoms with E-state index in [2.05, 4.69) is 6.07 Å². The highest BCUT2D eigenvalue weighted by atomic mass is 16.1. The van der Waals surface area contributed by atoms with Crippen LogP contribution in [0.4, 0.5) is 0 Å². The summed E-state index contributed by atoms with van der Waals surface area (Å²) in [7, 11) is 0. The highest BCUT2D eigenvalue weighted by molar-refractivity contribution is 5.95. The average Bonchev–Trinajstić information content (AvgIpc) is 2.67. The number of Topliss-reactive ketones (excluding diaryl/α,β-unsaturated/α-hetero) is 1. The smallest absolute Gasteiger partial charge is 0.176 e. The molecule has 80 valence electrons. The van der Waals surface area contributed by atoms with Crippen LogP contribution in [0.3, 0.4) is 0 Å². The SMILES string of the molecule is CCc1cccc2c(C#N)cc(C(C)=O)n12. The Morgan fingerprint density at radius 3 is 2.81 bits per heavy atom. The Morgan fingerprint density at radius 2 is 2.25 bits per heavy atom. The van der Waals surface area contributed by atoms with Crippen molar-refractivity contribution in [3.63, 3.8) is 0 Å². The summed E-state index contributed by atoms with van der Waals surface area (Å²) in [5.41, 5.74) is 3.00. The van der Waals surface area contributed by atoms with Crippen molar-refractivity contribution in [1.82, 2.24) is 4.40 Å². The fourth-order valence-electron chi connectivity index (χ4n) is 1.95. The average molecular weight is 212 g/mol. The zero-order chi connectivity index (χ0) is 11.7. The molecule has 0 fully saturated rings. The van der Waals surface area contributed by atoms with Crippen LogP contribution in [0.2, 0.25) is 0 Å². The minimum absolute atomic E-state index is 0.0163. The van der Waals surface area contributed by atoms with Gasteiger partial charge in [0.2, 0.25) is 0 Å². The van der Waals surface area contributed by atoms with Gasteiger partial charge < -0.3 is 4.40 Å². The standard InChI is InChI=1S/C13H12N2O/c1-3-11-5-4-6-12-10(8-14)7-13(9(2)16)15(11)12/h4-7H,3H2,1-2H3. The van der Waals surface area contributed by atoms with Crippen LogP contribution in [0.25, 0.3) is 5.52 Å². The molecular weight excluding hydrogens is 200 g/mol. The zero-order valence-electron chi connectivity index (χ0n) is 9.32. The fraction of sp³-hybridized carbons (Fsp3) is 0.231. The van der Waals surface area contributed by atoms with Gasteiger partial charge in [-0.3, -0.25) is 4.79 Å². The zero-order valence-corrected chi connectivity index (χ0v) is 9.32. The molecule has 0 spiro atoms. The number of ketones is 1. The van der Waals surface area contributed by atoms with Crippen molar-refractivity contribution in [3.8, 4) is 6.07 Å². The molecule has 0 saturated carbocycles. The molecule has 0 atom stereocenters. The van der Waals surface area contributed by atoms with Crippen molar-refractivity contribution >= 4 is 11.3 Å². The molecule has 0 amide bonds. The van der Waals surface area contributed by atoms with Gasteiger partial charge in [0, 0.05) is 12.6 Å². The summed E-state index contributed by atoms with van der Waals surface area (Å²) in [5.74, 6) is -0.0163. The summed E-state index contributed by atoms with van der Waals surface area (Å²) < 4.78 is 1.88. The Hall–Kier alpha value is -2.08. The van der Waals surface area contributed by atoms with Crippen molar-refractivity contribution in [3.05, 3.63) is 41.2 Å². The minimum Gasteiger partial charge on any atom is -0.310 e. The van der Waals surface area contributed by atoms with Gasteiger partial charge in [0.1, 0.15) is 6.07 Å². The number of nitrogens with zero attached hydrogens (tertiary/aromatic N) is 2. The van der Waals surface area contributed by atoms with Crippen molar-refractivity contribution < 1.29 is 4.79 Å². The summed E-state index contributed by atoms with van der Waals surface area (Å²) in [4.78, 5) is 11.5. The van der Waals surface area contributed by atoms with E-state index in [1.165, 1.54) is 6.92 Å². The largest absolute Gasteiger partial charge is 0.310 e. The van der Waals surface area contributed by atoms with Crippen molar-refractivity contribution in [2.75, 3.05) is 0 Å². The number of hydrogen-bond acceptors (Lipinski definition) is 2. The lowest BCUT2D eigenvalue weighted by Crippen LogP contribution is -2.03. The van der Waals surface area contributed by atoms with E-state index in [0.29, 0.717) is 11.3 Å². The third-order valence-electron chi connectivity index (χ3n) is 2.71. The topological polar surface area (TPSA) is 45.3 Å². The Kier molecular flexibility index (Phi) is 2.49. The van der Waals surface area contributed by atoms with Gasteiger partial charge in [-0.15, -0.1) is 0 Å². The maximum Gasteiger partial charge on any atom is 0.176 e. The van der Waals surface area contributed by atoms with Crippen molar-refractivity contribution in [1.29, 1.82) is 5.26 Å². The van der Waals surface area contributed by atoms with Gasteiger partial charge in [0.25, 0.3) is 0 Å². The van der Waals surface area contributed by atoms with Crippen LogP contribution in [0.5, 0.6) is 0 Å². The molecule has 3 heteroatoms. The van der Waals surface area contributed by atoms with E-state index in [4.69, 9.17) is 5.26 Å². The number of carbonyl (C=O) groups excluding carboxylic acids is 1. The molecule has 3 nitrogen and oxygen atoms in total. The van der Waals surface area contributed by atoms with Gasteiger partial charge in [0.15, 0.2) is 5.78 Å². The molecule has 2 rings (SSSR count). The summed E-state index contributed by atoms with van der Waals surface area (Å²) >= 11 is 0. The van der Waals surface area contributed by atoms with E-state index in [1.54, 1.807) is 6.07 Å². The normalized spacial score (nSPS) is 10.3. The summed E-state index contributed by atoms with van der Waals surface area (Å²) in [6.07, 6.45) is 0.831. The molecule has 0 N–H and O–H groups in total. The predicted molar refractivity (Wildman–Crippen MR) is 61.5 cm³/mol. The monoisotopic (exact) mass is 212 g/mol. The molecule has 0 saturated heterocycles. The molecule has 0 aliphatic carbocycles. The van der Waals surface area contributed by atoms with E-state index in [9.17, 15) is 4.79 Å². The number of rotatable bonds is 2. The molecular formula is C13H12N2O. The highest BCUT2D eigenvalue weighted by Crippen LogP contribution is 2.19. The van der Waals surface area contributed by atoms with E-state index in [1.807, 2.05) is 29.5 Å². The molecule has 0 aliphatic rings. The van der Waals surface area contributed by atoms with Crippen LogP contribution >= 0.6 is 0 Å². The molecule has 2 aromatic rings. The first-order valence-corrected chi connectivity index (χ1v) is 5.23. The van der Waals surface area contributed by atoms with E-state index >= 15 is 0 Å². The first kappa shape index (κ1) is 10.4. The Morgan fingerprint density at radius 1 is 1.50 bits per heavy atom. The first-order chi connectivity index (χ1) is 7.69. The maximum atomic E-state index is 11.5. The van der Waals surface area contributed by atoms with Gasteiger partial charge in [-0.1, -0.05) is 13.0 Å². The Labute approximate surface area is 93.9 Å². The van der Waals surface area contributed by atoms with Crippen LogP contribution in [0.15, 0.2) is 24.3 Å². The van der Waals surface area contributed by atoms with Crippen LogP contribution in [0, 0.1) is 11.3 Å².